The quantitative estimate of drug-likeness (QED) is 0.678. The van der Waals surface area contributed by atoms with Crippen LogP contribution in [-0.4, -0.2) is 40.1 Å². The molecule has 2 aromatic carbocycles. The molecule has 1 N–H and O–H groups in total. The number of anilines is 1. The van der Waals surface area contributed by atoms with Crippen LogP contribution in [0.2, 0.25) is 5.02 Å². The molecule has 0 saturated heterocycles. The van der Waals surface area contributed by atoms with Gasteiger partial charge in [0, 0.05) is 24.5 Å². The highest BCUT2D eigenvalue weighted by Crippen LogP contribution is 2.19. The topological polar surface area (TPSA) is 67.2 Å². The molecule has 0 radical (unpaired) electrons. The van der Waals surface area contributed by atoms with Crippen molar-refractivity contribution >= 4 is 29.1 Å². The van der Waals surface area contributed by atoms with E-state index in [0.29, 0.717) is 27.5 Å². The van der Waals surface area contributed by atoms with Crippen molar-refractivity contribution in [2.75, 3.05) is 18.9 Å². The van der Waals surface area contributed by atoms with E-state index in [1.54, 1.807) is 49.6 Å². The van der Waals surface area contributed by atoms with Crippen LogP contribution in [0.25, 0.3) is 5.69 Å². The Morgan fingerprint density at radius 1 is 1.25 bits per heavy atom. The van der Waals surface area contributed by atoms with Gasteiger partial charge >= 0.3 is 0 Å². The summed E-state index contributed by atoms with van der Waals surface area (Å²) < 4.78 is 1.52. The first kappa shape index (κ1) is 19.2. The SMILES string of the molecule is C#Cc1cccc(NC(=O)CN(C)C(=O)c2cnn(-c3ccccc3Cl)c2)c1. The monoisotopic (exact) mass is 392 g/mol. The Kier molecular flexibility index (Phi) is 5.78. The lowest BCUT2D eigenvalue weighted by atomic mass is 10.2. The predicted molar refractivity (Wildman–Crippen MR) is 109 cm³/mol. The van der Waals surface area contributed by atoms with Crippen molar-refractivity contribution in [3.63, 3.8) is 0 Å². The molecule has 3 aromatic rings. The molecule has 0 aliphatic heterocycles. The number of carbonyl (C=O) groups is 2. The Morgan fingerprint density at radius 2 is 2.04 bits per heavy atom. The third-order valence-electron chi connectivity index (χ3n) is 3.97. The minimum Gasteiger partial charge on any atom is -0.332 e. The molecule has 0 aliphatic rings. The third-order valence-corrected chi connectivity index (χ3v) is 4.29. The molecule has 6 nitrogen and oxygen atoms in total. The maximum atomic E-state index is 12.6. The van der Waals surface area contributed by atoms with E-state index < -0.39 is 0 Å². The van der Waals surface area contributed by atoms with Gasteiger partial charge in [0.1, 0.15) is 0 Å². The smallest absolute Gasteiger partial charge is 0.257 e. The molecule has 0 unspecified atom stereocenters. The number of halogens is 1. The molecule has 28 heavy (non-hydrogen) atoms. The van der Waals surface area contributed by atoms with E-state index in [2.05, 4.69) is 16.3 Å². The lowest BCUT2D eigenvalue weighted by molar-refractivity contribution is -0.116. The molecule has 0 spiro atoms. The molecule has 0 fully saturated rings. The van der Waals surface area contributed by atoms with Crippen molar-refractivity contribution < 1.29 is 9.59 Å². The summed E-state index contributed by atoms with van der Waals surface area (Å²) in [4.78, 5) is 26.1. The summed E-state index contributed by atoms with van der Waals surface area (Å²) in [5.74, 6) is 1.85. The highest BCUT2D eigenvalue weighted by atomic mass is 35.5. The summed E-state index contributed by atoms with van der Waals surface area (Å²) >= 11 is 6.16. The average molecular weight is 393 g/mol. The first-order valence-corrected chi connectivity index (χ1v) is 8.77. The first-order chi connectivity index (χ1) is 13.5. The normalized spacial score (nSPS) is 10.2. The zero-order valence-electron chi connectivity index (χ0n) is 15.1. The summed E-state index contributed by atoms with van der Waals surface area (Å²) in [6.07, 6.45) is 8.37. The van der Waals surface area contributed by atoms with Gasteiger partial charge in [-0.3, -0.25) is 9.59 Å². The predicted octanol–water partition coefficient (Wildman–Crippen LogP) is 3.22. The zero-order valence-corrected chi connectivity index (χ0v) is 15.8. The van der Waals surface area contributed by atoms with Gasteiger partial charge < -0.3 is 10.2 Å². The summed E-state index contributed by atoms with van der Waals surface area (Å²) in [6.45, 7) is -0.115. The van der Waals surface area contributed by atoms with E-state index in [4.69, 9.17) is 18.0 Å². The number of aromatic nitrogens is 2. The van der Waals surface area contributed by atoms with Gasteiger partial charge in [-0.25, -0.2) is 4.68 Å². The van der Waals surface area contributed by atoms with Gasteiger partial charge in [-0.1, -0.05) is 35.7 Å². The fourth-order valence-electron chi connectivity index (χ4n) is 2.60. The van der Waals surface area contributed by atoms with Crippen LogP contribution in [0, 0.1) is 12.3 Å². The molecular formula is C21H17ClN4O2. The molecule has 2 amide bonds. The van der Waals surface area contributed by atoms with Crippen molar-refractivity contribution in [2.45, 2.75) is 0 Å². The zero-order chi connectivity index (χ0) is 20.1. The average Bonchev–Trinajstić information content (AvgIpc) is 3.17. The van der Waals surface area contributed by atoms with E-state index in [1.165, 1.54) is 15.8 Å². The maximum Gasteiger partial charge on any atom is 0.257 e. The number of benzene rings is 2. The van der Waals surface area contributed by atoms with Crippen LogP contribution in [0.1, 0.15) is 15.9 Å². The molecule has 140 valence electrons. The Morgan fingerprint density at radius 3 is 2.79 bits per heavy atom. The van der Waals surface area contributed by atoms with Crippen LogP contribution in [0.3, 0.4) is 0 Å². The highest BCUT2D eigenvalue weighted by molar-refractivity contribution is 6.32. The Labute approximate surface area is 167 Å². The number of amides is 2. The van der Waals surface area contributed by atoms with Crippen molar-refractivity contribution in [2.24, 2.45) is 0 Å². The molecule has 0 saturated carbocycles. The molecule has 3 rings (SSSR count). The van der Waals surface area contributed by atoms with Gasteiger partial charge in [-0.05, 0) is 30.3 Å². The number of terminal acetylenes is 1. The standard InChI is InChI=1S/C21H17ClN4O2/c1-3-15-7-6-8-17(11-15)24-20(27)14-25(2)21(28)16-12-23-26(13-16)19-10-5-4-9-18(19)22/h1,4-13H,14H2,2H3,(H,24,27). The van der Waals surface area contributed by atoms with Crippen molar-refractivity contribution in [3.05, 3.63) is 77.1 Å². The van der Waals surface area contributed by atoms with Gasteiger partial charge in [0.2, 0.25) is 5.91 Å². The van der Waals surface area contributed by atoms with Gasteiger partial charge in [-0.2, -0.15) is 5.10 Å². The first-order valence-electron chi connectivity index (χ1n) is 8.39. The molecule has 7 heteroatoms. The van der Waals surface area contributed by atoms with Gasteiger partial charge in [0.05, 0.1) is 29.0 Å². The Balaban J connectivity index is 1.65. The van der Waals surface area contributed by atoms with Crippen LogP contribution in [0.5, 0.6) is 0 Å². The Hall–Kier alpha value is -3.56. The number of rotatable bonds is 5. The molecule has 0 aliphatic carbocycles. The van der Waals surface area contributed by atoms with E-state index in [-0.39, 0.29) is 18.4 Å². The number of hydrogen-bond acceptors (Lipinski definition) is 3. The van der Waals surface area contributed by atoms with Crippen LogP contribution >= 0.6 is 11.6 Å². The molecular weight excluding hydrogens is 376 g/mol. The largest absolute Gasteiger partial charge is 0.332 e. The van der Waals surface area contributed by atoms with Crippen LogP contribution in [0.4, 0.5) is 5.69 Å². The fraction of sp³-hybridized carbons (Fsp3) is 0.0952. The van der Waals surface area contributed by atoms with Gasteiger partial charge in [0.15, 0.2) is 0 Å². The number of hydrogen-bond donors (Lipinski definition) is 1. The van der Waals surface area contributed by atoms with E-state index >= 15 is 0 Å². The molecule has 0 atom stereocenters. The minimum absolute atomic E-state index is 0.115. The second-order valence-corrected chi connectivity index (χ2v) is 6.47. The van der Waals surface area contributed by atoms with Crippen LogP contribution in [-0.2, 0) is 4.79 Å². The number of nitrogens with one attached hydrogen (secondary N) is 1. The summed E-state index contributed by atoms with van der Waals surface area (Å²) in [7, 11) is 1.55. The number of para-hydroxylation sites is 1. The van der Waals surface area contributed by atoms with Gasteiger partial charge in [0.25, 0.3) is 5.91 Å². The number of likely N-dealkylation sites (N-methyl/N-ethyl adjacent to an activating group) is 1. The summed E-state index contributed by atoms with van der Waals surface area (Å²) in [6, 6.07) is 14.1. The fourth-order valence-corrected chi connectivity index (χ4v) is 2.82. The number of carbonyl (C=O) groups excluding carboxylic acids is 2. The van der Waals surface area contributed by atoms with Crippen molar-refractivity contribution in [1.82, 2.24) is 14.7 Å². The second-order valence-electron chi connectivity index (χ2n) is 6.06. The molecule has 0 bridgehead atoms. The summed E-state index contributed by atoms with van der Waals surface area (Å²) in [5, 5.41) is 7.43. The third kappa shape index (κ3) is 4.40. The van der Waals surface area contributed by atoms with Gasteiger partial charge in [-0.15, -0.1) is 6.42 Å². The van der Waals surface area contributed by atoms with Crippen molar-refractivity contribution in [1.29, 1.82) is 0 Å². The highest BCUT2D eigenvalue weighted by Gasteiger charge is 2.17. The Bertz CT molecular complexity index is 1070. The molecule has 1 heterocycles. The second kappa shape index (κ2) is 8.42. The lowest BCUT2D eigenvalue weighted by Crippen LogP contribution is -2.34. The molecule has 1 aromatic heterocycles. The van der Waals surface area contributed by atoms with Crippen LogP contribution in [0.15, 0.2) is 60.9 Å². The number of nitrogens with zero attached hydrogens (tertiary/aromatic N) is 3. The van der Waals surface area contributed by atoms with E-state index in [9.17, 15) is 9.59 Å². The maximum absolute atomic E-state index is 12.6. The van der Waals surface area contributed by atoms with Crippen LogP contribution < -0.4 is 5.32 Å². The summed E-state index contributed by atoms with van der Waals surface area (Å²) in [5.41, 5.74) is 2.25. The lowest BCUT2D eigenvalue weighted by Gasteiger charge is -2.16. The minimum atomic E-state index is -0.330. The van der Waals surface area contributed by atoms with E-state index in [1.807, 2.05) is 12.1 Å². The van der Waals surface area contributed by atoms with Crippen molar-refractivity contribution in [3.8, 4) is 18.0 Å². The van der Waals surface area contributed by atoms with E-state index in [0.717, 1.165) is 0 Å².